The molecule has 0 aliphatic carbocycles. The van der Waals surface area contributed by atoms with Crippen LogP contribution in [-0.4, -0.2) is 9.55 Å². The first kappa shape index (κ1) is 12.9. The minimum atomic E-state index is -1.29. The maximum absolute atomic E-state index is 13.8. The number of fused-ring (bicyclic) bond motifs is 1. The molecule has 1 N–H and O–H groups in total. The monoisotopic (exact) mass is 298 g/mol. The van der Waals surface area contributed by atoms with Crippen molar-refractivity contribution in [3.05, 3.63) is 58.4 Å². The van der Waals surface area contributed by atoms with Crippen molar-refractivity contribution in [2.75, 3.05) is 0 Å². The third kappa shape index (κ3) is 1.90. The van der Waals surface area contributed by atoms with Crippen LogP contribution in [-0.2, 0) is 0 Å². The summed E-state index contributed by atoms with van der Waals surface area (Å²) >= 11 is 5.02. The lowest BCUT2D eigenvalue weighted by Crippen LogP contribution is -2.00. The van der Waals surface area contributed by atoms with Gasteiger partial charge in [0.05, 0.1) is 16.7 Å². The Kier molecular flexibility index (Phi) is 2.86. The van der Waals surface area contributed by atoms with Crippen molar-refractivity contribution in [2.45, 2.75) is 0 Å². The molecule has 7 heteroatoms. The molecular formula is C13H6F4N2S. The predicted octanol–water partition coefficient (Wildman–Crippen LogP) is 4.24. The van der Waals surface area contributed by atoms with Crippen LogP contribution in [0.15, 0.2) is 30.3 Å². The highest BCUT2D eigenvalue weighted by molar-refractivity contribution is 7.71. The van der Waals surface area contributed by atoms with Crippen LogP contribution in [0, 0.1) is 28.0 Å². The van der Waals surface area contributed by atoms with Crippen molar-refractivity contribution in [2.24, 2.45) is 0 Å². The van der Waals surface area contributed by atoms with E-state index in [4.69, 9.17) is 12.2 Å². The highest BCUT2D eigenvalue weighted by atomic mass is 32.1. The maximum atomic E-state index is 13.8. The molecule has 2 aromatic carbocycles. The highest BCUT2D eigenvalue weighted by Gasteiger charge is 2.15. The molecule has 0 saturated carbocycles. The lowest BCUT2D eigenvalue weighted by Gasteiger charge is -2.06. The molecule has 0 saturated heterocycles. The van der Waals surface area contributed by atoms with Crippen LogP contribution >= 0.6 is 12.2 Å². The number of nitrogens with one attached hydrogen (secondary N) is 1. The molecule has 1 aromatic heterocycles. The van der Waals surface area contributed by atoms with Gasteiger partial charge >= 0.3 is 0 Å². The van der Waals surface area contributed by atoms with Crippen LogP contribution < -0.4 is 0 Å². The highest BCUT2D eigenvalue weighted by Crippen LogP contribution is 2.24. The summed E-state index contributed by atoms with van der Waals surface area (Å²) in [4.78, 5) is 2.68. The van der Waals surface area contributed by atoms with E-state index < -0.39 is 23.3 Å². The summed E-state index contributed by atoms with van der Waals surface area (Å²) in [5.74, 6) is -3.94. The second-order valence-electron chi connectivity index (χ2n) is 4.14. The van der Waals surface area contributed by atoms with Crippen LogP contribution in [0.3, 0.4) is 0 Å². The molecule has 0 aliphatic rings. The SMILES string of the molecule is Fc1ccc2c(c1)[nH]c(=S)n2-c1cc(F)c(F)cc1F. The molecule has 3 rings (SSSR count). The summed E-state index contributed by atoms with van der Waals surface area (Å²) < 4.78 is 54.4. The number of imidazole rings is 1. The van der Waals surface area contributed by atoms with E-state index in [1.54, 1.807) is 0 Å². The molecular weight excluding hydrogens is 292 g/mol. The van der Waals surface area contributed by atoms with E-state index in [2.05, 4.69) is 4.98 Å². The zero-order valence-electron chi connectivity index (χ0n) is 9.75. The number of nitrogens with zero attached hydrogens (tertiary/aromatic N) is 1. The van der Waals surface area contributed by atoms with Crippen molar-refractivity contribution < 1.29 is 17.6 Å². The summed E-state index contributed by atoms with van der Waals surface area (Å²) in [6.07, 6.45) is 0. The van der Waals surface area contributed by atoms with Gasteiger partial charge in [-0.15, -0.1) is 0 Å². The minimum Gasteiger partial charge on any atom is -0.330 e. The van der Waals surface area contributed by atoms with Gasteiger partial charge in [0.1, 0.15) is 11.6 Å². The van der Waals surface area contributed by atoms with E-state index in [1.165, 1.54) is 22.8 Å². The summed E-state index contributed by atoms with van der Waals surface area (Å²) in [7, 11) is 0. The molecule has 0 atom stereocenters. The number of aromatic nitrogens is 2. The number of rotatable bonds is 1. The van der Waals surface area contributed by atoms with Gasteiger partial charge in [0, 0.05) is 12.1 Å². The van der Waals surface area contributed by atoms with Gasteiger partial charge in [0.2, 0.25) is 0 Å². The molecule has 0 amide bonds. The molecule has 0 bridgehead atoms. The lowest BCUT2D eigenvalue weighted by atomic mass is 10.2. The molecule has 2 nitrogen and oxygen atoms in total. The third-order valence-corrected chi connectivity index (χ3v) is 3.16. The predicted molar refractivity (Wildman–Crippen MR) is 68.3 cm³/mol. The summed E-state index contributed by atoms with van der Waals surface area (Å²) in [6, 6.07) is 4.86. The van der Waals surface area contributed by atoms with Gasteiger partial charge in [-0.3, -0.25) is 4.57 Å². The van der Waals surface area contributed by atoms with Gasteiger partial charge in [0.15, 0.2) is 16.4 Å². The van der Waals surface area contributed by atoms with Gasteiger partial charge in [-0.2, -0.15) is 0 Å². The van der Waals surface area contributed by atoms with Gasteiger partial charge in [-0.1, -0.05) is 0 Å². The summed E-state index contributed by atoms with van der Waals surface area (Å²) in [5.41, 5.74) is 0.451. The first-order valence-electron chi connectivity index (χ1n) is 5.52. The number of H-pyrrole nitrogens is 1. The second-order valence-corrected chi connectivity index (χ2v) is 4.53. The number of halogens is 4. The Morgan fingerprint density at radius 1 is 0.900 bits per heavy atom. The van der Waals surface area contributed by atoms with Crippen LogP contribution in [0.25, 0.3) is 16.7 Å². The van der Waals surface area contributed by atoms with Crippen molar-refractivity contribution in [3.8, 4) is 5.69 Å². The Bertz CT molecular complexity index is 882. The zero-order chi connectivity index (χ0) is 14.4. The first-order valence-corrected chi connectivity index (χ1v) is 5.93. The molecule has 20 heavy (non-hydrogen) atoms. The van der Waals surface area contributed by atoms with Gasteiger partial charge in [-0.25, -0.2) is 17.6 Å². The van der Waals surface area contributed by atoms with E-state index in [9.17, 15) is 17.6 Å². The average molecular weight is 298 g/mol. The smallest absolute Gasteiger partial charge is 0.182 e. The number of aromatic amines is 1. The van der Waals surface area contributed by atoms with Gasteiger partial charge in [0.25, 0.3) is 0 Å². The fourth-order valence-corrected chi connectivity index (χ4v) is 2.31. The number of hydrogen-bond donors (Lipinski definition) is 1. The van der Waals surface area contributed by atoms with Crippen LogP contribution in [0.4, 0.5) is 17.6 Å². The van der Waals surface area contributed by atoms with Crippen molar-refractivity contribution >= 4 is 23.3 Å². The summed E-state index contributed by atoms with van der Waals surface area (Å²) in [5, 5.41) is 0. The quantitative estimate of drug-likeness (QED) is 0.405. The van der Waals surface area contributed by atoms with Crippen LogP contribution in [0.1, 0.15) is 0 Å². The molecule has 1 heterocycles. The topological polar surface area (TPSA) is 20.7 Å². The van der Waals surface area contributed by atoms with E-state index in [0.29, 0.717) is 23.2 Å². The molecule has 3 aromatic rings. The Morgan fingerprint density at radius 2 is 1.60 bits per heavy atom. The first-order chi connectivity index (χ1) is 9.47. The minimum absolute atomic E-state index is 0.0514. The second kappa shape index (κ2) is 4.45. The van der Waals surface area contributed by atoms with E-state index in [-0.39, 0.29) is 10.5 Å². The van der Waals surface area contributed by atoms with Crippen molar-refractivity contribution in [1.82, 2.24) is 9.55 Å². The molecule has 0 fully saturated rings. The third-order valence-electron chi connectivity index (χ3n) is 2.87. The molecule has 0 aliphatic heterocycles. The molecule has 0 unspecified atom stereocenters. The Labute approximate surface area is 115 Å². The largest absolute Gasteiger partial charge is 0.330 e. The standard InChI is InChI=1S/C13H6F4N2S/c14-6-1-2-11-10(3-6)18-13(20)19(11)12-5-8(16)7(15)4-9(12)17/h1-5H,(H,18,20). The van der Waals surface area contributed by atoms with Crippen molar-refractivity contribution in [3.63, 3.8) is 0 Å². The fraction of sp³-hybridized carbons (Fsp3) is 0. The number of benzene rings is 2. The van der Waals surface area contributed by atoms with E-state index in [0.717, 1.165) is 0 Å². The van der Waals surface area contributed by atoms with E-state index >= 15 is 0 Å². The lowest BCUT2D eigenvalue weighted by molar-refractivity contribution is 0.493. The maximum Gasteiger partial charge on any atom is 0.182 e. The zero-order valence-corrected chi connectivity index (χ0v) is 10.6. The Hall–Kier alpha value is -2.15. The fourth-order valence-electron chi connectivity index (χ4n) is 2.01. The normalized spacial score (nSPS) is 11.2. The Morgan fingerprint density at radius 3 is 2.35 bits per heavy atom. The summed E-state index contributed by atoms with van der Waals surface area (Å²) in [6.45, 7) is 0. The number of hydrogen-bond acceptors (Lipinski definition) is 1. The van der Waals surface area contributed by atoms with Crippen LogP contribution in [0.5, 0.6) is 0 Å². The molecule has 0 radical (unpaired) electrons. The van der Waals surface area contributed by atoms with E-state index in [1.807, 2.05) is 0 Å². The molecule has 102 valence electrons. The van der Waals surface area contributed by atoms with Gasteiger partial charge < -0.3 is 4.98 Å². The van der Waals surface area contributed by atoms with Crippen molar-refractivity contribution in [1.29, 1.82) is 0 Å². The van der Waals surface area contributed by atoms with Gasteiger partial charge in [-0.05, 0) is 30.4 Å². The van der Waals surface area contributed by atoms with Crippen LogP contribution in [0.2, 0.25) is 0 Å². The average Bonchev–Trinajstić information content (AvgIpc) is 2.69. The molecule has 0 spiro atoms. The Balaban J connectivity index is 2.38.